The molecule has 0 radical (unpaired) electrons. The molecule has 0 aliphatic rings. The van der Waals surface area contributed by atoms with Crippen LogP contribution in [0.25, 0.3) is 0 Å². The van der Waals surface area contributed by atoms with Crippen molar-refractivity contribution in [2.24, 2.45) is 0 Å². The number of rotatable bonds is 3. The molecule has 1 aromatic heterocycles. The van der Waals surface area contributed by atoms with Gasteiger partial charge in [-0.05, 0) is 12.1 Å². The fourth-order valence-corrected chi connectivity index (χ4v) is 1.62. The van der Waals surface area contributed by atoms with Crippen LogP contribution in [0.2, 0.25) is 10.0 Å². The summed E-state index contributed by atoms with van der Waals surface area (Å²) in [6.07, 6.45) is 1.07. The SMILES string of the molecule is O=C(C[n+]1cc([O-])on1)Nc1cccc(Cl)c1Cl. The zero-order valence-electron chi connectivity index (χ0n) is 8.89. The van der Waals surface area contributed by atoms with E-state index in [1.807, 2.05) is 0 Å². The number of hydrogen-bond acceptors (Lipinski definition) is 4. The van der Waals surface area contributed by atoms with Gasteiger partial charge in [-0.15, -0.1) is 0 Å². The highest BCUT2D eigenvalue weighted by Gasteiger charge is 2.14. The minimum absolute atomic E-state index is 0.158. The second-order valence-corrected chi connectivity index (χ2v) is 4.15. The van der Waals surface area contributed by atoms with Crippen LogP contribution in [0.3, 0.4) is 0 Å². The minimum Gasteiger partial charge on any atom is -0.539 e. The summed E-state index contributed by atoms with van der Waals surface area (Å²) in [5.74, 6) is -1.03. The average Bonchev–Trinajstić information content (AvgIpc) is 2.70. The summed E-state index contributed by atoms with van der Waals surface area (Å²) in [6, 6.07) is 4.87. The van der Waals surface area contributed by atoms with E-state index in [1.54, 1.807) is 18.2 Å². The number of halogens is 2. The summed E-state index contributed by atoms with van der Waals surface area (Å²) >= 11 is 11.7. The van der Waals surface area contributed by atoms with Gasteiger partial charge in [-0.25, -0.2) is 0 Å². The molecule has 0 fully saturated rings. The normalized spacial score (nSPS) is 10.3. The van der Waals surface area contributed by atoms with Gasteiger partial charge in [0.1, 0.15) is 5.95 Å². The van der Waals surface area contributed by atoms with E-state index in [2.05, 4.69) is 15.1 Å². The van der Waals surface area contributed by atoms with E-state index in [-0.39, 0.29) is 11.6 Å². The molecule has 0 aliphatic heterocycles. The Labute approximate surface area is 112 Å². The van der Waals surface area contributed by atoms with Crippen molar-refractivity contribution in [3.05, 3.63) is 34.4 Å². The van der Waals surface area contributed by atoms with Crippen molar-refractivity contribution in [2.75, 3.05) is 5.32 Å². The molecule has 18 heavy (non-hydrogen) atoms. The summed E-state index contributed by atoms with van der Waals surface area (Å²) in [7, 11) is 0. The van der Waals surface area contributed by atoms with Crippen LogP contribution < -0.4 is 15.1 Å². The molecule has 94 valence electrons. The zero-order valence-corrected chi connectivity index (χ0v) is 10.4. The number of benzene rings is 1. The van der Waals surface area contributed by atoms with Crippen molar-refractivity contribution in [1.29, 1.82) is 0 Å². The van der Waals surface area contributed by atoms with E-state index in [4.69, 9.17) is 23.2 Å². The summed E-state index contributed by atoms with van der Waals surface area (Å²) in [6.45, 7) is -0.158. The maximum absolute atomic E-state index is 11.6. The van der Waals surface area contributed by atoms with E-state index < -0.39 is 11.9 Å². The molecule has 0 bridgehead atoms. The lowest BCUT2D eigenvalue weighted by molar-refractivity contribution is -0.750. The van der Waals surface area contributed by atoms with Gasteiger partial charge >= 0.3 is 0 Å². The summed E-state index contributed by atoms with van der Waals surface area (Å²) in [4.78, 5) is 11.6. The standard InChI is InChI=1S/C10H7Cl2N3O3/c11-6-2-1-3-7(10(6)12)13-8(16)4-15-5-9(17)18-14-15/h1-3,5H,4H2,(H-,13,14,16,17). The molecule has 2 rings (SSSR count). The summed E-state index contributed by atoms with van der Waals surface area (Å²) in [5.41, 5.74) is 0.389. The topological polar surface area (TPSA) is 82.1 Å². The third-order valence-corrected chi connectivity index (χ3v) is 2.84. The first kappa shape index (κ1) is 12.7. The number of carbonyl (C=O) groups excluding carboxylic acids is 1. The number of carbonyl (C=O) groups is 1. The molecular weight excluding hydrogens is 281 g/mol. The van der Waals surface area contributed by atoms with Crippen molar-refractivity contribution in [3.8, 4) is 5.95 Å². The van der Waals surface area contributed by atoms with Crippen LogP contribution in [-0.2, 0) is 11.3 Å². The van der Waals surface area contributed by atoms with Crippen LogP contribution in [-0.4, -0.2) is 11.2 Å². The Hall–Kier alpha value is -1.79. The molecule has 1 aromatic carbocycles. The Morgan fingerprint density at radius 1 is 1.50 bits per heavy atom. The molecular formula is C10H7Cl2N3O3. The molecule has 8 heteroatoms. The second-order valence-electron chi connectivity index (χ2n) is 3.37. The number of amides is 1. The number of aromatic nitrogens is 2. The van der Waals surface area contributed by atoms with Crippen molar-refractivity contribution in [2.45, 2.75) is 6.54 Å². The van der Waals surface area contributed by atoms with Crippen molar-refractivity contribution >= 4 is 34.8 Å². The maximum Gasteiger partial charge on any atom is 0.292 e. The average molecular weight is 288 g/mol. The second kappa shape index (κ2) is 5.24. The van der Waals surface area contributed by atoms with Crippen LogP contribution in [0.15, 0.2) is 28.9 Å². The van der Waals surface area contributed by atoms with E-state index in [9.17, 15) is 9.90 Å². The Morgan fingerprint density at radius 3 is 2.94 bits per heavy atom. The highest BCUT2D eigenvalue weighted by Crippen LogP contribution is 2.29. The van der Waals surface area contributed by atoms with Crippen LogP contribution in [0, 0.1) is 0 Å². The first-order valence-corrected chi connectivity index (χ1v) is 5.59. The van der Waals surface area contributed by atoms with Gasteiger partial charge in [0.05, 0.1) is 21.0 Å². The fraction of sp³-hybridized carbons (Fsp3) is 0.100. The smallest absolute Gasteiger partial charge is 0.292 e. The quantitative estimate of drug-likeness (QED) is 0.853. The van der Waals surface area contributed by atoms with Crippen LogP contribution >= 0.6 is 23.2 Å². The third-order valence-electron chi connectivity index (χ3n) is 2.02. The summed E-state index contributed by atoms with van der Waals surface area (Å²) < 4.78 is 5.37. The summed E-state index contributed by atoms with van der Waals surface area (Å²) in [5, 5.41) is 17.2. The van der Waals surface area contributed by atoms with E-state index >= 15 is 0 Å². The minimum atomic E-state index is -0.622. The van der Waals surface area contributed by atoms with Gasteiger partial charge in [0, 0.05) is 0 Å². The number of nitrogens with one attached hydrogen (secondary N) is 1. The molecule has 6 nitrogen and oxygen atoms in total. The van der Waals surface area contributed by atoms with Gasteiger partial charge in [-0.2, -0.15) is 0 Å². The van der Waals surface area contributed by atoms with Gasteiger partial charge in [0.25, 0.3) is 12.5 Å². The molecule has 1 heterocycles. The number of anilines is 1. The molecule has 2 aromatic rings. The Balaban J connectivity index is 2.05. The number of nitrogens with zero attached hydrogens (tertiary/aromatic N) is 2. The van der Waals surface area contributed by atoms with Crippen molar-refractivity contribution < 1.29 is 19.1 Å². The molecule has 1 amide bonds. The first-order valence-electron chi connectivity index (χ1n) is 4.83. The van der Waals surface area contributed by atoms with E-state index in [0.717, 1.165) is 10.9 Å². The van der Waals surface area contributed by atoms with E-state index in [1.165, 1.54) is 0 Å². The monoisotopic (exact) mass is 287 g/mol. The maximum atomic E-state index is 11.6. The molecule has 0 unspecified atom stereocenters. The predicted octanol–water partition coefficient (Wildman–Crippen LogP) is 0.981. The predicted molar refractivity (Wildman–Crippen MR) is 61.2 cm³/mol. The molecule has 0 aliphatic carbocycles. The fourth-order valence-electron chi connectivity index (χ4n) is 1.27. The highest BCUT2D eigenvalue weighted by atomic mass is 35.5. The van der Waals surface area contributed by atoms with Gasteiger partial charge in [-0.3, -0.25) is 4.79 Å². The molecule has 0 spiro atoms. The first-order chi connectivity index (χ1) is 8.56. The molecule has 0 saturated carbocycles. The lowest BCUT2D eigenvalue weighted by atomic mass is 10.3. The Morgan fingerprint density at radius 2 is 2.28 bits per heavy atom. The Bertz CT molecular complexity index is 585. The third kappa shape index (κ3) is 2.91. The van der Waals surface area contributed by atoms with Gasteiger partial charge < -0.3 is 14.9 Å². The molecule has 1 N–H and O–H groups in total. The largest absolute Gasteiger partial charge is 0.539 e. The van der Waals surface area contributed by atoms with Gasteiger partial charge in [0.15, 0.2) is 0 Å². The van der Waals surface area contributed by atoms with Crippen LogP contribution in [0.5, 0.6) is 5.95 Å². The Kier molecular flexibility index (Phi) is 3.69. The number of hydrogen-bond donors (Lipinski definition) is 1. The van der Waals surface area contributed by atoms with Gasteiger partial charge in [-0.1, -0.05) is 34.0 Å². The van der Waals surface area contributed by atoms with Crippen LogP contribution in [0.1, 0.15) is 0 Å². The van der Waals surface area contributed by atoms with Crippen LogP contribution in [0.4, 0.5) is 5.69 Å². The molecule has 0 saturated heterocycles. The van der Waals surface area contributed by atoms with Crippen molar-refractivity contribution in [1.82, 2.24) is 5.27 Å². The molecule has 0 atom stereocenters. The zero-order chi connectivity index (χ0) is 13.1. The lowest BCUT2D eigenvalue weighted by Crippen LogP contribution is -2.41. The van der Waals surface area contributed by atoms with Gasteiger partial charge in [0.2, 0.25) is 6.20 Å². The highest BCUT2D eigenvalue weighted by molar-refractivity contribution is 6.43. The van der Waals surface area contributed by atoms with Crippen molar-refractivity contribution in [3.63, 3.8) is 0 Å². The van der Waals surface area contributed by atoms with E-state index in [0.29, 0.717) is 10.7 Å². The lowest BCUT2D eigenvalue weighted by Gasteiger charge is -2.05.